The number of esters is 2. The van der Waals surface area contributed by atoms with Gasteiger partial charge in [-0.3, -0.25) is 24.1 Å². The monoisotopic (exact) mass is 787 g/mol. The molecule has 1 aromatic heterocycles. The number of Topliss-reactive ketones (excluding diaryl/α,β-unsaturated/α-hetero) is 1. The van der Waals surface area contributed by atoms with E-state index in [0.29, 0.717) is 50.3 Å². The predicted octanol–water partition coefficient (Wildman–Crippen LogP) is 3.98. The van der Waals surface area contributed by atoms with Crippen LogP contribution in [0.3, 0.4) is 0 Å². The Morgan fingerprint density at radius 1 is 0.982 bits per heavy atom. The summed E-state index contributed by atoms with van der Waals surface area (Å²) in [6, 6.07) is 7.95. The van der Waals surface area contributed by atoms with Gasteiger partial charge < -0.3 is 34.5 Å². The Morgan fingerprint density at radius 2 is 1.69 bits per heavy atom. The Hall–Kier alpha value is -4.57. The van der Waals surface area contributed by atoms with Crippen LogP contribution in [-0.2, 0) is 42.4 Å². The summed E-state index contributed by atoms with van der Waals surface area (Å²) in [6.07, 6.45) is 1.64. The second-order valence-electron chi connectivity index (χ2n) is 13.1. The number of anilines is 1. The van der Waals surface area contributed by atoms with Crippen molar-refractivity contribution in [2.45, 2.75) is 90.4 Å². The van der Waals surface area contributed by atoms with Gasteiger partial charge in [-0.1, -0.05) is 62.0 Å². The maximum Gasteiger partial charge on any atom is 0.518 e. The average molecular weight is 788 g/mol. The first kappa shape index (κ1) is 43.2. The number of amides is 2. The summed E-state index contributed by atoms with van der Waals surface area (Å²) >= 11 is 0. The number of aromatic nitrogens is 2. The molecule has 3 heterocycles. The number of unbranched alkanes of at least 4 members (excludes halogenated alkanes) is 1. The first-order chi connectivity index (χ1) is 26.6. The van der Waals surface area contributed by atoms with E-state index in [-0.39, 0.29) is 50.2 Å². The number of ether oxygens (including phenoxy) is 4. The van der Waals surface area contributed by atoms with Crippen LogP contribution in [0.15, 0.2) is 36.4 Å². The molecule has 0 radical (unpaired) electrons. The van der Waals surface area contributed by atoms with Crippen molar-refractivity contribution < 1.29 is 52.0 Å². The Kier molecular flexibility index (Phi) is 17.3. The predicted molar refractivity (Wildman–Crippen MR) is 200 cm³/mol. The fourth-order valence-corrected chi connectivity index (χ4v) is 6.82. The molecule has 0 aliphatic carbocycles. The summed E-state index contributed by atoms with van der Waals surface area (Å²) in [7, 11) is -1.31. The third-order valence-corrected chi connectivity index (χ3v) is 9.93. The normalized spacial score (nSPS) is 17.7. The zero-order chi connectivity index (χ0) is 39.7. The number of hydrogen-bond acceptors (Lipinski definition) is 15. The van der Waals surface area contributed by atoms with Gasteiger partial charge >= 0.3 is 32.5 Å². The van der Waals surface area contributed by atoms with Crippen molar-refractivity contribution in [2.75, 3.05) is 57.5 Å². The van der Waals surface area contributed by atoms with E-state index in [1.54, 1.807) is 33.1 Å². The lowest BCUT2D eigenvalue weighted by Gasteiger charge is -2.35. The second-order valence-corrected chi connectivity index (χ2v) is 14.3. The lowest BCUT2D eigenvalue weighted by molar-refractivity contribution is -0.234. The molecule has 2 aromatic rings. The highest BCUT2D eigenvalue weighted by Crippen LogP contribution is 2.29. The van der Waals surface area contributed by atoms with E-state index in [9.17, 15) is 28.5 Å². The van der Waals surface area contributed by atoms with E-state index >= 15 is 0 Å². The maximum atomic E-state index is 14.4. The average Bonchev–Trinajstić information content (AvgIpc) is 3.67. The van der Waals surface area contributed by atoms with E-state index in [0.717, 1.165) is 12.8 Å². The van der Waals surface area contributed by atoms with Gasteiger partial charge in [-0.25, -0.2) is 14.8 Å². The van der Waals surface area contributed by atoms with E-state index in [1.165, 1.54) is 11.0 Å². The van der Waals surface area contributed by atoms with Crippen molar-refractivity contribution >= 4 is 43.6 Å². The fraction of sp³-hybridized carbons (Fsp3) is 0.595. The third kappa shape index (κ3) is 13.0. The molecule has 55 heavy (non-hydrogen) atoms. The van der Waals surface area contributed by atoms with Crippen molar-refractivity contribution in [1.82, 2.24) is 25.5 Å². The summed E-state index contributed by atoms with van der Waals surface area (Å²) in [5.41, 5.74) is 0.577. The maximum absolute atomic E-state index is 14.4. The molecular weight excluding hydrogens is 735 g/mol. The first-order valence-corrected chi connectivity index (χ1v) is 20.1. The van der Waals surface area contributed by atoms with Crippen LogP contribution in [0.1, 0.15) is 76.2 Å². The quantitative estimate of drug-likeness (QED) is 0.0843. The number of piperazine rings is 1. The summed E-state index contributed by atoms with van der Waals surface area (Å²) in [4.78, 5) is 78.8. The van der Waals surface area contributed by atoms with E-state index < -0.39 is 62.5 Å². The Labute approximate surface area is 322 Å². The fourth-order valence-electron chi connectivity index (χ4n) is 5.89. The van der Waals surface area contributed by atoms with Crippen LogP contribution in [0.5, 0.6) is 0 Å². The molecule has 0 bridgehead atoms. The summed E-state index contributed by atoms with van der Waals surface area (Å²) in [5, 5.41) is 5.77. The van der Waals surface area contributed by atoms with Crippen LogP contribution in [0, 0.1) is 0 Å². The van der Waals surface area contributed by atoms with Crippen molar-refractivity contribution in [2.24, 2.45) is 0 Å². The molecule has 2 amide bonds. The highest BCUT2D eigenvalue weighted by Gasteiger charge is 2.43. The Balaban J connectivity index is 1.66. The van der Waals surface area contributed by atoms with Crippen molar-refractivity contribution in [1.29, 1.82) is 0 Å². The van der Waals surface area contributed by atoms with Crippen LogP contribution in [0.4, 0.5) is 10.6 Å². The lowest BCUT2D eigenvalue weighted by atomic mass is 10.0. The minimum absolute atomic E-state index is 0.0204. The molecule has 1 aromatic carbocycles. The first-order valence-electron chi connectivity index (χ1n) is 18.8. The van der Waals surface area contributed by atoms with E-state index in [2.05, 4.69) is 15.6 Å². The Morgan fingerprint density at radius 3 is 2.33 bits per heavy atom. The van der Waals surface area contributed by atoms with Crippen molar-refractivity contribution in [3.63, 3.8) is 0 Å². The largest absolute Gasteiger partial charge is 0.518 e. The number of benzene rings is 1. The summed E-state index contributed by atoms with van der Waals surface area (Å²) < 4.78 is 40.3. The van der Waals surface area contributed by atoms with E-state index in [4.69, 9.17) is 28.5 Å². The molecule has 0 saturated carbocycles. The van der Waals surface area contributed by atoms with E-state index in [1.807, 2.05) is 30.0 Å². The smallest absolute Gasteiger partial charge is 0.449 e. The van der Waals surface area contributed by atoms with Gasteiger partial charge in [0.05, 0.1) is 12.7 Å². The van der Waals surface area contributed by atoms with Gasteiger partial charge in [0.25, 0.3) is 5.91 Å². The SMILES string of the molecule is CCCCOC(=O)N1CCNCC1C(=O)C(C[P+](=O)OC(OC(=O)CCC)OC(=O)CCC)NC(=O)c1cc(N2CCC(OC)C2)nc(-c2ccccc2)n1. The molecule has 18 heteroatoms. The second kappa shape index (κ2) is 22.1. The van der Waals surface area contributed by atoms with Gasteiger partial charge in [0, 0.05) is 64.3 Å². The minimum atomic E-state index is -2.95. The van der Waals surface area contributed by atoms with Gasteiger partial charge in [-0.2, -0.15) is 0 Å². The van der Waals surface area contributed by atoms with Crippen LogP contribution < -0.4 is 15.5 Å². The zero-order valence-electron chi connectivity index (χ0n) is 31.9. The number of methoxy groups -OCH3 is 1. The lowest BCUT2D eigenvalue weighted by Crippen LogP contribution is -2.61. The third-order valence-electron chi connectivity index (χ3n) is 8.86. The number of carbonyl (C=O) groups excluding carboxylic acids is 5. The summed E-state index contributed by atoms with van der Waals surface area (Å²) in [5.74, 6) is -2.22. The van der Waals surface area contributed by atoms with Gasteiger partial charge in [-0.05, 0) is 30.2 Å². The zero-order valence-corrected chi connectivity index (χ0v) is 32.8. The number of rotatable bonds is 20. The molecule has 2 saturated heterocycles. The van der Waals surface area contributed by atoms with Gasteiger partial charge in [0.1, 0.15) is 23.6 Å². The topological polar surface area (TPSA) is 205 Å². The van der Waals surface area contributed by atoms with Crippen LogP contribution >= 0.6 is 8.03 Å². The molecule has 4 atom stereocenters. The van der Waals surface area contributed by atoms with Crippen LogP contribution in [0.2, 0.25) is 0 Å². The number of ketones is 1. The molecule has 2 fully saturated rings. The van der Waals surface area contributed by atoms with Crippen molar-refractivity contribution in [3.8, 4) is 11.4 Å². The van der Waals surface area contributed by atoms with Gasteiger partial charge in [0.2, 0.25) is 6.16 Å². The minimum Gasteiger partial charge on any atom is -0.449 e. The number of hydrogen-bond donors (Lipinski definition) is 2. The van der Waals surface area contributed by atoms with Crippen molar-refractivity contribution in [3.05, 3.63) is 42.1 Å². The molecule has 2 aliphatic heterocycles. The molecule has 300 valence electrons. The molecule has 0 spiro atoms. The summed E-state index contributed by atoms with van der Waals surface area (Å²) in [6.45, 7) is 5.36. The van der Waals surface area contributed by atoms with Gasteiger partial charge in [-0.15, -0.1) is 0 Å². The molecule has 2 N–H and O–H groups in total. The molecule has 4 unspecified atom stereocenters. The number of nitrogens with one attached hydrogen (secondary N) is 2. The Bertz CT molecular complexity index is 1610. The highest BCUT2D eigenvalue weighted by atomic mass is 31.1. The molecular formula is C37H52N6O11P+. The standard InChI is InChI=1S/C37H51N6O11P/c1-5-8-20-51-36(48)43-19-17-38-22-29(43)33(46)28(24-55(49)54-37(52-31(44)12-6-2)53-32(45)13-7-3)40-35(47)27-21-30(42-18-16-26(23-42)50-4)41-34(39-27)25-14-10-9-11-15-25/h9-11,14-15,21,26,28-29,37-38H,5-8,12-13,16-20,22-24H2,1-4H3/p+1. The number of carbonyl (C=O) groups is 5. The highest BCUT2D eigenvalue weighted by molar-refractivity contribution is 7.39. The van der Waals surface area contributed by atoms with Crippen LogP contribution in [-0.4, -0.2) is 122 Å². The molecule has 4 rings (SSSR count). The molecule has 17 nitrogen and oxygen atoms in total. The van der Waals surface area contributed by atoms with Gasteiger partial charge in [0.15, 0.2) is 11.6 Å². The van der Waals surface area contributed by atoms with Crippen LogP contribution in [0.25, 0.3) is 11.4 Å². The molecule has 2 aliphatic rings. The number of nitrogens with zero attached hydrogens (tertiary/aromatic N) is 4.